The van der Waals surface area contributed by atoms with Crippen LogP contribution in [0.2, 0.25) is 0 Å². The lowest BCUT2D eigenvalue weighted by atomic mass is 9.87. The zero-order chi connectivity index (χ0) is 20.5. The van der Waals surface area contributed by atoms with Crippen LogP contribution in [-0.4, -0.2) is 47.1 Å². The summed E-state index contributed by atoms with van der Waals surface area (Å²) in [5.74, 6) is 0.668. The van der Waals surface area contributed by atoms with E-state index >= 15 is 0 Å². The number of aliphatic hydroxyl groups excluding tert-OH is 1. The van der Waals surface area contributed by atoms with E-state index in [-0.39, 0.29) is 29.7 Å². The molecular formula is C21H25NO6S. The van der Waals surface area contributed by atoms with Gasteiger partial charge in [0.1, 0.15) is 22.6 Å². The van der Waals surface area contributed by atoms with Crippen LogP contribution in [0.1, 0.15) is 46.4 Å². The van der Waals surface area contributed by atoms with Crippen molar-refractivity contribution in [2.75, 3.05) is 13.7 Å². The molecule has 0 spiro atoms. The van der Waals surface area contributed by atoms with Crippen molar-refractivity contribution in [1.82, 2.24) is 4.98 Å². The smallest absolute Gasteiger partial charge is 0.355 e. The van der Waals surface area contributed by atoms with Crippen molar-refractivity contribution in [2.24, 2.45) is 11.8 Å². The average Bonchev–Trinajstić information content (AvgIpc) is 3.30. The minimum Gasteiger partial charge on any atom is -0.497 e. The van der Waals surface area contributed by atoms with E-state index in [1.54, 1.807) is 12.5 Å². The van der Waals surface area contributed by atoms with Gasteiger partial charge in [0, 0.05) is 23.8 Å². The zero-order valence-corrected chi connectivity index (χ0v) is 17.2. The maximum absolute atomic E-state index is 11.1. The number of benzene rings is 1. The molecule has 0 unspecified atom stereocenters. The number of hydrogen-bond donors (Lipinski definition) is 2. The predicted molar refractivity (Wildman–Crippen MR) is 107 cm³/mol. The molecule has 2 heterocycles. The molecule has 2 N–H and O–H groups in total. The Balaban J connectivity index is 1.39. The lowest BCUT2D eigenvalue weighted by Gasteiger charge is -2.33. The summed E-state index contributed by atoms with van der Waals surface area (Å²) in [6.07, 6.45) is 1.45. The molecule has 1 saturated carbocycles. The van der Waals surface area contributed by atoms with Crippen molar-refractivity contribution in [3.63, 3.8) is 0 Å². The fourth-order valence-electron chi connectivity index (χ4n) is 4.39. The van der Waals surface area contributed by atoms with E-state index in [9.17, 15) is 9.90 Å². The number of carboxylic acid groups (broad SMARTS) is 1. The molecule has 4 rings (SSSR count). The largest absolute Gasteiger partial charge is 0.497 e. The molecule has 29 heavy (non-hydrogen) atoms. The second kappa shape index (κ2) is 8.30. The number of carboxylic acids is 1. The van der Waals surface area contributed by atoms with Crippen molar-refractivity contribution < 1.29 is 29.2 Å². The van der Waals surface area contributed by atoms with Gasteiger partial charge in [-0.1, -0.05) is 0 Å². The molecule has 2 aromatic rings. The van der Waals surface area contributed by atoms with E-state index in [0.717, 1.165) is 29.9 Å². The maximum atomic E-state index is 11.1. The summed E-state index contributed by atoms with van der Waals surface area (Å²) >= 11 is 1.32. The number of aryl methyl sites for hydroxylation is 1. The van der Waals surface area contributed by atoms with Crippen LogP contribution >= 0.6 is 11.3 Å². The van der Waals surface area contributed by atoms with E-state index in [4.69, 9.17) is 19.3 Å². The Morgan fingerprint density at radius 3 is 2.83 bits per heavy atom. The van der Waals surface area contributed by atoms with Crippen LogP contribution < -0.4 is 9.47 Å². The van der Waals surface area contributed by atoms with Gasteiger partial charge in [0.05, 0.1) is 25.9 Å². The predicted octanol–water partition coefficient (Wildman–Crippen LogP) is 3.45. The molecule has 1 aliphatic heterocycles. The number of aliphatic hydroxyl groups is 1. The molecule has 1 aromatic heterocycles. The monoisotopic (exact) mass is 419 g/mol. The van der Waals surface area contributed by atoms with Gasteiger partial charge in [-0.25, -0.2) is 9.78 Å². The second-order valence-corrected chi connectivity index (χ2v) is 8.63. The topological polar surface area (TPSA) is 98.1 Å². The van der Waals surface area contributed by atoms with Crippen LogP contribution in [0.5, 0.6) is 11.5 Å². The highest BCUT2D eigenvalue weighted by Crippen LogP contribution is 2.46. The molecule has 2 aliphatic rings. The van der Waals surface area contributed by atoms with E-state index in [0.29, 0.717) is 18.0 Å². The number of aromatic carboxylic acids is 1. The second-order valence-electron chi connectivity index (χ2n) is 7.74. The molecule has 1 aliphatic carbocycles. The minimum atomic E-state index is -1.03. The number of methoxy groups -OCH3 is 1. The Morgan fingerprint density at radius 2 is 2.10 bits per heavy atom. The van der Waals surface area contributed by atoms with Crippen LogP contribution in [-0.2, 0) is 4.74 Å². The van der Waals surface area contributed by atoms with Gasteiger partial charge in [-0.05, 0) is 43.4 Å². The Labute approximate surface area is 173 Å². The molecule has 7 nitrogen and oxygen atoms in total. The number of carbonyl (C=O) groups is 1. The summed E-state index contributed by atoms with van der Waals surface area (Å²) in [7, 11) is 1.63. The lowest BCUT2D eigenvalue weighted by Crippen LogP contribution is -2.33. The molecule has 2 fully saturated rings. The molecule has 0 radical (unpaired) electrons. The number of ether oxygens (including phenoxy) is 3. The highest BCUT2D eigenvalue weighted by atomic mass is 32.1. The molecular weight excluding hydrogens is 394 g/mol. The molecule has 5 atom stereocenters. The number of fused-ring (bicyclic) bond motifs is 1. The summed E-state index contributed by atoms with van der Waals surface area (Å²) in [5, 5.41) is 21.9. The maximum Gasteiger partial charge on any atom is 0.355 e. The third kappa shape index (κ3) is 4.24. The molecule has 1 saturated heterocycles. The van der Waals surface area contributed by atoms with Crippen LogP contribution in [0.4, 0.5) is 0 Å². The minimum absolute atomic E-state index is 0.00154. The van der Waals surface area contributed by atoms with Gasteiger partial charge in [0.15, 0.2) is 5.69 Å². The zero-order valence-electron chi connectivity index (χ0n) is 16.4. The van der Waals surface area contributed by atoms with Crippen molar-refractivity contribution in [2.45, 2.75) is 44.5 Å². The summed E-state index contributed by atoms with van der Waals surface area (Å²) in [6.45, 7) is 2.41. The molecule has 0 amide bonds. The van der Waals surface area contributed by atoms with E-state index in [2.05, 4.69) is 4.98 Å². The fraction of sp³-hybridized carbons (Fsp3) is 0.524. The van der Waals surface area contributed by atoms with E-state index < -0.39 is 12.1 Å². The third-order valence-corrected chi connectivity index (χ3v) is 6.75. The van der Waals surface area contributed by atoms with E-state index in [1.165, 1.54) is 11.3 Å². The Morgan fingerprint density at radius 1 is 1.31 bits per heavy atom. The summed E-state index contributed by atoms with van der Waals surface area (Å²) in [5.41, 5.74) is 1.11. The fourth-order valence-corrected chi connectivity index (χ4v) is 5.25. The Kier molecular flexibility index (Phi) is 5.76. The molecule has 156 valence electrons. The molecule has 0 bridgehead atoms. The number of thiazole rings is 1. The SMILES string of the molecule is COc1cc(C)cc(OC[C@@H]2[C@H]3CC[C@H](c4nc(C(=O)O)cs4)O[C@H]3C[C@H]2O)c1. The van der Waals surface area contributed by atoms with Crippen molar-refractivity contribution in [1.29, 1.82) is 0 Å². The number of nitrogens with zero attached hydrogens (tertiary/aromatic N) is 1. The standard InChI is InChI=1S/C21H25NO6S/c1-11-5-12(26-2)7-13(6-11)27-9-15-14-3-4-18(28-19(14)8-17(15)23)20-22-16(10-29-20)21(24)25/h5-7,10,14-15,17-19,23H,3-4,8-9H2,1-2H3,(H,24,25)/t14-,15-,17-,18-,19+/m1/s1. The van der Waals surface area contributed by atoms with Crippen LogP contribution in [0, 0.1) is 18.8 Å². The molecule has 1 aromatic carbocycles. The van der Waals surface area contributed by atoms with E-state index in [1.807, 2.05) is 25.1 Å². The summed E-state index contributed by atoms with van der Waals surface area (Å²) < 4.78 is 17.5. The first-order valence-corrected chi connectivity index (χ1v) is 10.6. The van der Waals surface area contributed by atoms with Crippen molar-refractivity contribution >= 4 is 17.3 Å². The van der Waals surface area contributed by atoms with Gasteiger partial charge in [-0.3, -0.25) is 0 Å². The number of rotatable bonds is 6. The van der Waals surface area contributed by atoms with Gasteiger partial charge in [0.2, 0.25) is 0 Å². The van der Waals surface area contributed by atoms with Gasteiger partial charge >= 0.3 is 5.97 Å². The first kappa shape index (κ1) is 20.1. The van der Waals surface area contributed by atoms with Gasteiger partial charge in [-0.15, -0.1) is 11.3 Å². The van der Waals surface area contributed by atoms with Gasteiger partial charge in [0.25, 0.3) is 0 Å². The van der Waals surface area contributed by atoms with Crippen LogP contribution in [0.3, 0.4) is 0 Å². The quantitative estimate of drug-likeness (QED) is 0.740. The Bertz CT molecular complexity index is 884. The van der Waals surface area contributed by atoms with Crippen LogP contribution in [0.15, 0.2) is 23.6 Å². The normalized spacial score (nSPS) is 28.7. The third-order valence-electron chi connectivity index (χ3n) is 5.82. The summed E-state index contributed by atoms with van der Waals surface area (Å²) in [4.78, 5) is 15.2. The number of aromatic nitrogens is 1. The first-order valence-electron chi connectivity index (χ1n) is 9.75. The molecule has 8 heteroatoms. The number of hydrogen-bond acceptors (Lipinski definition) is 7. The Hall–Kier alpha value is -2.16. The highest BCUT2D eigenvalue weighted by molar-refractivity contribution is 7.09. The first-order chi connectivity index (χ1) is 13.9. The van der Waals surface area contributed by atoms with Gasteiger partial charge in [-0.2, -0.15) is 0 Å². The highest BCUT2D eigenvalue weighted by Gasteiger charge is 2.47. The summed E-state index contributed by atoms with van der Waals surface area (Å²) in [6, 6.07) is 5.75. The van der Waals surface area contributed by atoms with Gasteiger partial charge < -0.3 is 24.4 Å². The average molecular weight is 419 g/mol. The van der Waals surface area contributed by atoms with Crippen LogP contribution in [0.25, 0.3) is 0 Å². The van der Waals surface area contributed by atoms with Crippen molar-refractivity contribution in [3.8, 4) is 11.5 Å². The van der Waals surface area contributed by atoms with Crippen molar-refractivity contribution in [3.05, 3.63) is 39.8 Å². The lowest BCUT2D eigenvalue weighted by molar-refractivity contribution is -0.0812.